The van der Waals surface area contributed by atoms with Crippen LogP contribution in [0.25, 0.3) is 5.57 Å². The topological polar surface area (TPSA) is 104 Å². The first-order chi connectivity index (χ1) is 14.7. The molecule has 0 spiro atoms. The highest BCUT2D eigenvalue weighted by Gasteiger charge is 2.42. The predicted octanol–water partition coefficient (Wildman–Crippen LogP) is 1.24. The van der Waals surface area contributed by atoms with Crippen LogP contribution in [0, 0.1) is 5.92 Å². The molecule has 2 aromatic rings. The van der Waals surface area contributed by atoms with Crippen molar-refractivity contribution in [3.8, 4) is 5.75 Å². The molecule has 3 atom stereocenters. The Morgan fingerprint density at radius 1 is 1.17 bits per heavy atom. The van der Waals surface area contributed by atoms with Crippen LogP contribution in [-0.4, -0.2) is 58.7 Å². The van der Waals surface area contributed by atoms with Crippen molar-refractivity contribution in [1.82, 2.24) is 20.7 Å². The number of carbonyl (C=O) groups is 2. The van der Waals surface area contributed by atoms with E-state index in [9.17, 15) is 14.8 Å². The highest BCUT2D eigenvalue weighted by Crippen LogP contribution is 2.26. The molecule has 2 aliphatic rings. The average molecular weight is 408 g/mol. The Balaban J connectivity index is 1.42. The summed E-state index contributed by atoms with van der Waals surface area (Å²) in [6.45, 7) is 1.40. The van der Waals surface area contributed by atoms with Gasteiger partial charge >= 0.3 is 0 Å². The average Bonchev–Trinajstić information content (AvgIpc) is 3.30. The summed E-state index contributed by atoms with van der Waals surface area (Å²) in [6, 6.07) is 12.7. The number of pyridine rings is 1. The van der Waals surface area contributed by atoms with Crippen molar-refractivity contribution in [2.24, 2.45) is 5.92 Å². The van der Waals surface area contributed by atoms with E-state index in [2.05, 4.69) is 10.3 Å². The van der Waals surface area contributed by atoms with Crippen molar-refractivity contribution < 1.29 is 19.5 Å². The van der Waals surface area contributed by atoms with E-state index in [0.717, 1.165) is 11.1 Å². The van der Waals surface area contributed by atoms with Crippen LogP contribution < -0.4 is 15.5 Å². The number of carbonyl (C=O) groups excluding carboxylic acids is 2. The zero-order valence-corrected chi connectivity index (χ0v) is 16.4. The molecule has 3 unspecified atom stereocenters. The van der Waals surface area contributed by atoms with Crippen LogP contribution in [0.5, 0.6) is 5.75 Å². The van der Waals surface area contributed by atoms with Gasteiger partial charge < -0.3 is 15.0 Å². The molecule has 2 aliphatic heterocycles. The Morgan fingerprint density at radius 2 is 1.93 bits per heavy atom. The Morgan fingerprint density at radius 3 is 2.67 bits per heavy atom. The van der Waals surface area contributed by atoms with E-state index in [4.69, 9.17) is 4.74 Å². The van der Waals surface area contributed by atoms with Crippen LogP contribution in [0.1, 0.15) is 12.0 Å². The zero-order valence-electron chi connectivity index (χ0n) is 16.4. The van der Waals surface area contributed by atoms with Crippen LogP contribution in [0.15, 0.2) is 60.9 Å². The number of aromatic nitrogens is 1. The molecule has 1 fully saturated rings. The molecule has 0 saturated carbocycles. The largest absolute Gasteiger partial charge is 0.489 e. The molecule has 1 saturated heterocycles. The number of nitrogens with zero attached hydrogens (tertiary/aromatic N) is 2. The number of rotatable bonds is 5. The molecule has 4 rings (SSSR count). The van der Waals surface area contributed by atoms with Gasteiger partial charge in [0.2, 0.25) is 11.8 Å². The van der Waals surface area contributed by atoms with Gasteiger partial charge in [0.15, 0.2) is 0 Å². The van der Waals surface area contributed by atoms with Crippen molar-refractivity contribution in [2.75, 3.05) is 19.6 Å². The quantitative estimate of drug-likeness (QED) is 0.508. The van der Waals surface area contributed by atoms with Crippen LogP contribution in [0.4, 0.5) is 0 Å². The van der Waals surface area contributed by atoms with Gasteiger partial charge in [-0.05, 0) is 29.7 Å². The maximum absolute atomic E-state index is 13.2. The molecule has 0 aliphatic carbocycles. The number of piperidine rings is 1. The van der Waals surface area contributed by atoms with E-state index < -0.39 is 17.9 Å². The first kappa shape index (κ1) is 20.1. The SMILES string of the molecule is O=C(NO)C1CC(Oc2ccncc2)CNC1C(=O)N1CC=C(c2ccccc2)C1. The third-order valence-corrected chi connectivity index (χ3v) is 5.53. The lowest BCUT2D eigenvalue weighted by molar-refractivity contribution is -0.144. The molecule has 8 heteroatoms. The van der Waals surface area contributed by atoms with Crippen molar-refractivity contribution in [3.63, 3.8) is 0 Å². The molecule has 30 heavy (non-hydrogen) atoms. The highest BCUT2D eigenvalue weighted by molar-refractivity contribution is 5.91. The fraction of sp³-hybridized carbons (Fsp3) is 0.318. The second kappa shape index (κ2) is 9.06. The molecule has 0 bridgehead atoms. The normalized spacial score (nSPS) is 23.6. The monoisotopic (exact) mass is 408 g/mol. The number of nitrogens with one attached hydrogen (secondary N) is 2. The maximum Gasteiger partial charge on any atom is 0.248 e. The number of benzene rings is 1. The molecule has 3 N–H and O–H groups in total. The first-order valence-electron chi connectivity index (χ1n) is 9.93. The van der Waals surface area contributed by atoms with Crippen molar-refractivity contribution in [2.45, 2.75) is 18.6 Å². The van der Waals surface area contributed by atoms with Gasteiger partial charge in [0.05, 0.1) is 12.0 Å². The third-order valence-electron chi connectivity index (χ3n) is 5.53. The lowest BCUT2D eigenvalue weighted by Gasteiger charge is -2.36. The Kier molecular flexibility index (Phi) is 6.06. The fourth-order valence-corrected chi connectivity index (χ4v) is 3.98. The van der Waals surface area contributed by atoms with Gasteiger partial charge in [-0.25, -0.2) is 5.48 Å². The van der Waals surface area contributed by atoms with Gasteiger partial charge in [-0.2, -0.15) is 0 Å². The lowest BCUT2D eigenvalue weighted by atomic mass is 9.87. The van der Waals surface area contributed by atoms with Crippen LogP contribution in [0.2, 0.25) is 0 Å². The standard InChI is InChI=1S/C22H24N4O4/c27-21(25-29)19-12-18(30-17-6-9-23-10-7-17)13-24-20(19)22(28)26-11-8-16(14-26)15-4-2-1-3-5-15/h1-10,18-20,24,29H,11-14H2,(H,25,27). The molecule has 2 amide bonds. The summed E-state index contributed by atoms with van der Waals surface area (Å²) in [7, 11) is 0. The summed E-state index contributed by atoms with van der Waals surface area (Å²) >= 11 is 0. The molecule has 1 aromatic heterocycles. The maximum atomic E-state index is 13.2. The second-order valence-corrected chi connectivity index (χ2v) is 7.44. The fourth-order valence-electron chi connectivity index (χ4n) is 3.98. The molecule has 156 valence electrons. The summed E-state index contributed by atoms with van der Waals surface area (Å²) in [5.74, 6) is -0.864. The molecule has 1 aromatic carbocycles. The molecule has 0 radical (unpaired) electrons. The van der Waals surface area contributed by atoms with E-state index in [1.165, 1.54) is 0 Å². The van der Waals surface area contributed by atoms with E-state index in [-0.39, 0.29) is 12.0 Å². The number of ether oxygens (including phenoxy) is 1. The zero-order chi connectivity index (χ0) is 20.9. The second-order valence-electron chi connectivity index (χ2n) is 7.44. The van der Waals surface area contributed by atoms with Crippen molar-refractivity contribution >= 4 is 17.4 Å². The van der Waals surface area contributed by atoms with E-state index in [0.29, 0.717) is 31.8 Å². The Labute approximate surface area is 174 Å². The van der Waals surface area contributed by atoms with E-state index >= 15 is 0 Å². The molecule has 8 nitrogen and oxygen atoms in total. The number of hydroxylamine groups is 1. The number of hydrogen-bond donors (Lipinski definition) is 3. The number of amides is 2. The summed E-state index contributed by atoms with van der Waals surface area (Å²) in [6.07, 6.45) is 5.29. The smallest absolute Gasteiger partial charge is 0.248 e. The first-order valence-corrected chi connectivity index (χ1v) is 9.93. The van der Waals surface area contributed by atoms with Gasteiger partial charge in [-0.15, -0.1) is 0 Å². The molecular weight excluding hydrogens is 384 g/mol. The summed E-state index contributed by atoms with van der Waals surface area (Å²) < 4.78 is 5.91. The minimum atomic E-state index is -0.746. The van der Waals surface area contributed by atoms with Crippen LogP contribution in [0.3, 0.4) is 0 Å². The summed E-state index contributed by atoms with van der Waals surface area (Å²) in [5.41, 5.74) is 3.87. The van der Waals surface area contributed by atoms with Crippen molar-refractivity contribution in [3.05, 3.63) is 66.5 Å². The van der Waals surface area contributed by atoms with Gasteiger partial charge in [-0.1, -0.05) is 36.4 Å². The lowest BCUT2D eigenvalue weighted by Crippen LogP contribution is -2.60. The molecule has 3 heterocycles. The Bertz CT molecular complexity index is 919. The number of hydrogen-bond acceptors (Lipinski definition) is 6. The van der Waals surface area contributed by atoms with Crippen LogP contribution >= 0.6 is 0 Å². The van der Waals surface area contributed by atoms with E-state index in [1.807, 2.05) is 36.4 Å². The van der Waals surface area contributed by atoms with Gasteiger partial charge in [0, 0.05) is 32.0 Å². The minimum absolute atomic E-state index is 0.159. The summed E-state index contributed by atoms with van der Waals surface area (Å²) in [4.78, 5) is 31.2. The van der Waals surface area contributed by atoms with Crippen LogP contribution in [-0.2, 0) is 9.59 Å². The minimum Gasteiger partial charge on any atom is -0.489 e. The Hall–Kier alpha value is -3.23. The summed E-state index contributed by atoms with van der Waals surface area (Å²) in [5, 5.41) is 12.4. The van der Waals surface area contributed by atoms with Crippen molar-refractivity contribution in [1.29, 1.82) is 0 Å². The van der Waals surface area contributed by atoms with Gasteiger partial charge in [0.25, 0.3) is 0 Å². The third kappa shape index (κ3) is 4.34. The van der Waals surface area contributed by atoms with E-state index in [1.54, 1.807) is 34.9 Å². The van der Waals surface area contributed by atoms with Gasteiger partial charge in [-0.3, -0.25) is 19.8 Å². The predicted molar refractivity (Wildman–Crippen MR) is 109 cm³/mol. The highest BCUT2D eigenvalue weighted by atomic mass is 16.5. The van der Waals surface area contributed by atoms with Gasteiger partial charge in [0.1, 0.15) is 11.9 Å². The molecular formula is C22H24N4O4.